The van der Waals surface area contributed by atoms with E-state index in [1.165, 1.54) is 5.56 Å². The number of rotatable bonds is 7. The van der Waals surface area contributed by atoms with Gasteiger partial charge in [0, 0.05) is 35.6 Å². The first-order valence-corrected chi connectivity index (χ1v) is 11.3. The zero-order chi connectivity index (χ0) is 21.6. The monoisotopic (exact) mass is 457 g/mol. The number of ether oxygens (including phenoxy) is 2. The van der Waals surface area contributed by atoms with Gasteiger partial charge in [-0.15, -0.1) is 11.3 Å². The predicted octanol–water partition coefficient (Wildman–Crippen LogP) is 4.49. The molecule has 1 aromatic heterocycles. The molecule has 8 heteroatoms. The highest BCUT2D eigenvalue weighted by atomic mass is 35.5. The van der Waals surface area contributed by atoms with Crippen molar-refractivity contribution in [3.05, 3.63) is 64.1 Å². The molecule has 1 amide bonds. The molecule has 0 radical (unpaired) electrons. The summed E-state index contributed by atoms with van der Waals surface area (Å²) in [6.45, 7) is 4.40. The Balaban J connectivity index is 1.41. The van der Waals surface area contributed by atoms with Crippen LogP contribution in [0.4, 0.5) is 5.69 Å². The van der Waals surface area contributed by atoms with Crippen LogP contribution in [0.2, 0.25) is 5.02 Å². The molecule has 1 fully saturated rings. The summed E-state index contributed by atoms with van der Waals surface area (Å²) in [4.78, 5) is 19.6. The maximum atomic E-state index is 12.5. The molecular formula is C23H24ClN3O3S. The van der Waals surface area contributed by atoms with Gasteiger partial charge in [0.2, 0.25) is 5.91 Å². The zero-order valence-corrected chi connectivity index (χ0v) is 18.8. The standard InChI is InChI=1S/C23H24ClN3O3S/c1-29-21-6-5-18(24)12-20(21)26-22(28)13-19-15-31-23(25-19)17-4-2-3-16(11-17)14-27-7-9-30-10-8-27/h2-6,11-12,15H,7-10,13-14H2,1H3,(H,26,28). The summed E-state index contributed by atoms with van der Waals surface area (Å²) in [5.74, 6) is 0.396. The number of amides is 1. The quantitative estimate of drug-likeness (QED) is 0.566. The molecule has 0 saturated carbocycles. The second kappa shape index (κ2) is 10.2. The topological polar surface area (TPSA) is 63.7 Å². The molecular weight excluding hydrogens is 434 g/mol. The molecule has 162 valence electrons. The van der Waals surface area contributed by atoms with Crippen molar-refractivity contribution >= 4 is 34.5 Å². The molecule has 0 atom stereocenters. The number of anilines is 1. The van der Waals surface area contributed by atoms with E-state index in [2.05, 4.69) is 39.5 Å². The minimum absolute atomic E-state index is 0.168. The molecule has 0 bridgehead atoms. The van der Waals surface area contributed by atoms with E-state index in [9.17, 15) is 4.79 Å². The number of hydrogen-bond donors (Lipinski definition) is 1. The summed E-state index contributed by atoms with van der Waals surface area (Å²) in [5.41, 5.74) is 3.60. The Morgan fingerprint density at radius 1 is 1.26 bits per heavy atom. The van der Waals surface area contributed by atoms with E-state index in [1.54, 1.807) is 36.6 Å². The number of halogens is 1. The molecule has 0 unspecified atom stereocenters. The van der Waals surface area contributed by atoms with Crippen molar-refractivity contribution in [1.29, 1.82) is 0 Å². The molecule has 0 aliphatic carbocycles. The van der Waals surface area contributed by atoms with E-state index in [1.807, 2.05) is 5.38 Å². The van der Waals surface area contributed by atoms with Crippen molar-refractivity contribution in [1.82, 2.24) is 9.88 Å². The zero-order valence-electron chi connectivity index (χ0n) is 17.3. The molecule has 0 spiro atoms. The van der Waals surface area contributed by atoms with Crippen molar-refractivity contribution in [3.63, 3.8) is 0 Å². The Morgan fingerprint density at radius 2 is 2.10 bits per heavy atom. The van der Waals surface area contributed by atoms with Crippen molar-refractivity contribution in [2.24, 2.45) is 0 Å². The third kappa shape index (κ3) is 5.83. The Hall–Kier alpha value is -2.45. The molecule has 2 aromatic carbocycles. The first-order chi connectivity index (χ1) is 15.1. The van der Waals surface area contributed by atoms with Gasteiger partial charge < -0.3 is 14.8 Å². The van der Waals surface area contributed by atoms with Gasteiger partial charge in [-0.1, -0.05) is 29.8 Å². The molecule has 6 nitrogen and oxygen atoms in total. The average molecular weight is 458 g/mol. The van der Waals surface area contributed by atoms with Gasteiger partial charge in [-0.3, -0.25) is 9.69 Å². The first kappa shape index (κ1) is 21.8. The largest absolute Gasteiger partial charge is 0.495 e. The summed E-state index contributed by atoms with van der Waals surface area (Å²) < 4.78 is 10.7. The molecule has 1 saturated heterocycles. The maximum absolute atomic E-state index is 12.5. The van der Waals surface area contributed by atoms with Crippen LogP contribution in [0.5, 0.6) is 5.75 Å². The minimum Gasteiger partial charge on any atom is -0.495 e. The van der Waals surface area contributed by atoms with Gasteiger partial charge >= 0.3 is 0 Å². The van der Waals surface area contributed by atoms with Crippen LogP contribution in [-0.2, 0) is 22.5 Å². The van der Waals surface area contributed by atoms with Gasteiger partial charge in [-0.25, -0.2) is 4.98 Å². The van der Waals surface area contributed by atoms with Crippen LogP contribution in [0.15, 0.2) is 47.8 Å². The van der Waals surface area contributed by atoms with E-state index in [0.717, 1.165) is 49.1 Å². The van der Waals surface area contributed by atoms with Crippen LogP contribution in [0.25, 0.3) is 10.6 Å². The smallest absolute Gasteiger partial charge is 0.230 e. The lowest BCUT2D eigenvalue weighted by atomic mass is 10.1. The fourth-order valence-electron chi connectivity index (χ4n) is 3.48. The van der Waals surface area contributed by atoms with E-state index < -0.39 is 0 Å². The van der Waals surface area contributed by atoms with Gasteiger partial charge in [0.1, 0.15) is 10.8 Å². The van der Waals surface area contributed by atoms with Crippen molar-refractivity contribution in [2.75, 3.05) is 38.7 Å². The molecule has 31 heavy (non-hydrogen) atoms. The van der Waals surface area contributed by atoms with Crippen LogP contribution >= 0.6 is 22.9 Å². The fraction of sp³-hybridized carbons (Fsp3) is 0.304. The van der Waals surface area contributed by atoms with Gasteiger partial charge in [-0.05, 0) is 29.8 Å². The van der Waals surface area contributed by atoms with E-state index in [4.69, 9.17) is 21.1 Å². The molecule has 1 aliphatic heterocycles. The molecule has 1 aliphatic rings. The number of hydrogen-bond acceptors (Lipinski definition) is 6. The minimum atomic E-state index is -0.168. The fourth-order valence-corrected chi connectivity index (χ4v) is 4.47. The number of methoxy groups -OCH3 is 1. The lowest BCUT2D eigenvalue weighted by molar-refractivity contribution is -0.115. The molecule has 2 heterocycles. The van der Waals surface area contributed by atoms with E-state index in [0.29, 0.717) is 16.5 Å². The van der Waals surface area contributed by atoms with Crippen LogP contribution in [0, 0.1) is 0 Å². The Morgan fingerprint density at radius 3 is 2.90 bits per heavy atom. The average Bonchev–Trinajstić information content (AvgIpc) is 3.23. The number of aromatic nitrogens is 1. The summed E-state index contributed by atoms with van der Waals surface area (Å²) in [7, 11) is 1.55. The number of carbonyl (C=O) groups excluding carboxylic acids is 1. The third-order valence-electron chi connectivity index (χ3n) is 5.01. The maximum Gasteiger partial charge on any atom is 0.230 e. The molecule has 3 aromatic rings. The first-order valence-electron chi connectivity index (χ1n) is 10.1. The van der Waals surface area contributed by atoms with Crippen LogP contribution in [0.3, 0.4) is 0 Å². The second-order valence-corrected chi connectivity index (χ2v) is 8.60. The number of nitrogens with zero attached hydrogens (tertiary/aromatic N) is 2. The van der Waals surface area contributed by atoms with Crippen molar-refractivity contribution in [2.45, 2.75) is 13.0 Å². The van der Waals surface area contributed by atoms with Gasteiger partial charge in [0.05, 0.1) is 38.1 Å². The number of morpholine rings is 1. The summed E-state index contributed by atoms with van der Waals surface area (Å²) in [5, 5.41) is 6.22. The van der Waals surface area contributed by atoms with Crippen molar-refractivity contribution < 1.29 is 14.3 Å². The summed E-state index contributed by atoms with van der Waals surface area (Å²) >= 11 is 7.58. The molecule has 1 N–H and O–H groups in total. The van der Waals surface area contributed by atoms with Crippen molar-refractivity contribution in [3.8, 4) is 16.3 Å². The Bertz CT molecular complexity index is 1050. The number of benzene rings is 2. The summed E-state index contributed by atoms with van der Waals surface area (Å²) in [6, 6.07) is 13.5. The highest BCUT2D eigenvalue weighted by Crippen LogP contribution is 2.28. The van der Waals surface area contributed by atoms with Crippen LogP contribution < -0.4 is 10.1 Å². The normalized spacial score (nSPS) is 14.4. The lowest BCUT2D eigenvalue weighted by Gasteiger charge is -2.26. The molecule has 4 rings (SSSR count). The van der Waals surface area contributed by atoms with E-state index >= 15 is 0 Å². The highest BCUT2D eigenvalue weighted by molar-refractivity contribution is 7.13. The number of carbonyl (C=O) groups is 1. The van der Waals surface area contributed by atoms with Crippen LogP contribution in [-0.4, -0.2) is 49.2 Å². The SMILES string of the molecule is COc1ccc(Cl)cc1NC(=O)Cc1csc(-c2cccc(CN3CCOCC3)c2)n1. The Labute approximate surface area is 190 Å². The second-order valence-electron chi connectivity index (χ2n) is 7.30. The third-order valence-corrected chi connectivity index (χ3v) is 6.19. The van der Waals surface area contributed by atoms with Gasteiger partial charge in [0.25, 0.3) is 0 Å². The highest BCUT2D eigenvalue weighted by Gasteiger charge is 2.14. The van der Waals surface area contributed by atoms with Gasteiger partial charge in [-0.2, -0.15) is 0 Å². The predicted molar refractivity (Wildman–Crippen MR) is 124 cm³/mol. The Kier molecular flexibility index (Phi) is 7.19. The van der Waals surface area contributed by atoms with E-state index in [-0.39, 0.29) is 12.3 Å². The number of nitrogens with one attached hydrogen (secondary N) is 1. The van der Waals surface area contributed by atoms with Gasteiger partial charge in [0.15, 0.2) is 0 Å². The van der Waals surface area contributed by atoms with Crippen LogP contribution in [0.1, 0.15) is 11.3 Å². The number of thiazole rings is 1. The lowest BCUT2D eigenvalue weighted by Crippen LogP contribution is -2.35. The summed E-state index contributed by atoms with van der Waals surface area (Å²) in [6.07, 6.45) is 0.180.